The summed E-state index contributed by atoms with van der Waals surface area (Å²) < 4.78 is 5.63. The third-order valence-corrected chi connectivity index (χ3v) is 3.24. The number of ether oxygens (including phenoxy) is 1. The Labute approximate surface area is 133 Å². The normalized spacial score (nSPS) is 13.0. The second-order valence-corrected chi connectivity index (χ2v) is 5.16. The molecule has 0 aliphatic heterocycles. The van der Waals surface area contributed by atoms with Gasteiger partial charge >= 0.3 is 0 Å². The number of nitrogens with two attached hydrogens (primary N) is 1. The molecular formula is C16H27ClN2O2. The van der Waals surface area contributed by atoms with E-state index in [1.807, 2.05) is 31.2 Å². The summed E-state index contributed by atoms with van der Waals surface area (Å²) in [5, 5.41) is 2.94. The van der Waals surface area contributed by atoms with E-state index in [9.17, 15) is 4.79 Å². The molecule has 0 saturated heterocycles. The molecule has 0 fully saturated rings. The Balaban J connectivity index is 0.00000400. The Bertz CT molecular complexity index is 409. The van der Waals surface area contributed by atoms with Crippen molar-refractivity contribution < 1.29 is 9.53 Å². The van der Waals surface area contributed by atoms with Crippen molar-refractivity contribution in [2.75, 3.05) is 6.54 Å². The maximum absolute atomic E-state index is 12.1. The standard InChI is InChI=1S/C16H26N2O2.ClH/c1-4-5-6-14(11-17)18-16(19)13(3)20-15-9-7-12(2)8-10-15;/h7-10,13-14H,4-6,11,17H2,1-3H3,(H,18,19);1H. The molecule has 3 N–H and O–H groups in total. The SMILES string of the molecule is CCCCC(CN)NC(=O)C(C)Oc1ccc(C)cc1.Cl. The zero-order valence-corrected chi connectivity index (χ0v) is 13.9. The van der Waals surface area contributed by atoms with Gasteiger partial charge in [0.2, 0.25) is 0 Å². The van der Waals surface area contributed by atoms with Gasteiger partial charge in [0.25, 0.3) is 5.91 Å². The first-order chi connectivity index (χ1) is 9.56. The van der Waals surface area contributed by atoms with E-state index in [4.69, 9.17) is 10.5 Å². The van der Waals surface area contributed by atoms with E-state index >= 15 is 0 Å². The first kappa shape index (κ1) is 19.7. The van der Waals surface area contributed by atoms with Crippen molar-refractivity contribution in [3.8, 4) is 5.75 Å². The van der Waals surface area contributed by atoms with Crippen LogP contribution in [-0.4, -0.2) is 24.6 Å². The van der Waals surface area contributed by atoms with Gasteiger partial charge in [-0.1, -0.05) is 37.5 Å². The fourth-order valence-corrected chi connectivity index (χ4v) is 1.89. The molecule has 0 radical (unpaired) electrons. The van der Waals surface area contributed by atoms with E-state index in [1.165, 1.54) is 0 Å². The van der Waals surface area contributed by atoms with E-state index in [-0.39, 0.29) is 24.4 Å². The van der Waals surface area contributed by atoms with Crippen molar-refractivity contribution in [3.63, 3.8) is 0 Å². The Hall–Kier alpha value is -1.26. The van der Waals surface area contributed by atoms with Crippen molar-refractivity contribution in [3.05, 3.63) is 29.8 Å². The Kier molecular flexibility index (Phi) is 9.84. The topological polar surface area (TPSA) is 64.3 Å². The van der Waals surface area contributed by atoms with Crippen LogP contribution in [0.2, 0.25) is 0 Å². The molecule has 1 aromatic rings. The summed E-state index contributed by atoms with van der Waals surface area (Å²) in [6.45, 7) is 6.35. The highest BCUT2D eigenvalue weighted by molar-refractivity contribution is 5.85. The van der Waals surface area contributed by atoms with Crippen molar-refractivity contribution in [2.45, 2.75) is 52.2 Å². The van der Waals surface area contributed by atoms with E-state index < -0.39 is 6.10 Å². The number of amides is 1. The lowest BCUT2D eigenvalue weighted by Crippen LogP contribution is -2.45. The molecule has 120 valence electrons. The highest BCUT2D eigenvalue weighted by Crippen LogP contribution is 2.13. The zero-order chi connectivity index (χ0) is 15.0. The number of aryl methyl sites for hydroxylation is 1. The second-order valence-electron chi connectivity index (χ2n) is 5.16. The molecule has 2 unspecified atom stereocenters. The summed E-state index contributed by atoms with van der Waals surface area (Å²) in [5.41, 5.74) is 6.84. The number of benzene rings is 1. The molecule has 21 heavy (non-hydrogen) atoms. The first-order valence-corrected chi connectivity index (χ1v) is 7.30. The van der Waals surface area contributed by atoms with E-state index in [0.717, 1.165) is 24.8 Å². The van der Waals surface area contributed by atoms with Crippen LogP contribution in [0.15, 0.2) is 24.3 Å². The van der Waals surface area contributed by atoms with Crippen LogP contribution >= 0.6 is 12.4 Å². The van der Waals surface area contributed by atoms with E-state index in [0.29, 0.717) is 12.3 Å². The van der Waals surface area contributed by atoms with Crippen molar-refractivity contribution in [2.24, 2.45) is 5.73 Å². The Morgan fingerprint density at radius 2 is 1.95 bits per heavy atom. The molecule has 0 aromatic heterocycles. The van der Waals surface area contributed by atoms with Crippen LogP contribution in [0.4, 0.5) is 0 Å². The highest BCUT2D eigenvalue weighted by atomic mass is 35.5. The average molecular weight is 315 g/mol. The monoisotopic (exact) mass is 314 g/mol. The van der Waals surface area contributed by atoms with E-state index in [1.54, 1.807) is 6.92 Å². The zero-order valence-electron chi connectivity index (χ0n) is 13.1. The highest BCUT2D eigenvalue weighted by Gasteiger charge is 2.18. The number of hydrogen-bond acceptors (Lipinski definition) is 3. The summed E-state index contributed by atoms with van der Waals surface area (Å²) in [6, 6.07) is 7.70. The minimum atomic E-state index is -0.520. The van der Waals surface area contributed by atoms with Crippen LogP contribution in [0.5, 0.6) is 5.75 Å². The van der Waals surface area contributed by atoms with Crippen molar-refractivity contribution in [1.82, 2.24) is 5.32 Å². The van der Waals surface area contributed by atoms with Crippen molar-refractivity contribution >= 4 is 18.3 Å². The molecule has 0 bridgehead atoms. The molecule has 0 heterocycles. The fraction of sp³-hybridized carbons (Fsp3) is 0.562. The smallest absolute Gasteiger partial charge is 0.261 e. The minimum absolute atomic E-state index is 0. The predicted octanol–water partition coefficient (Wildman–Crippen LogP) is 2.82. The largest absolute Gasteiger partial charge is 0.481 e. The third kappa shape index (κ3) is 7.34. The first-order valence-electron chi connectivity index (χ1n) is 7.30. The summed E-state index contributed by atoms with van der Waals surface area (Å²) in [7, 11) is 0. The second kappa shape index (κ2) is 10.5. The van der Waals surface area contributed by atoms with Crippen LogP contribution in [0.1, 0.15) is 38.7 Å². The van der Waals surface area contributed by atoms with Crippen LogP contribution in [0.3, 0.4) is 0 Å². The lowest BCUT2D eigenvalue weighted by molar-refractivity contribution is -0.128. The van der Waals surface area contributed by atoms with Crippen LogP contribution in [0, 0.1) is 6.92 Å². The third-order valence-electron chi connectivity index (χ3n) is 3.24. The fourth-order valence-electron chi connectivity index (χ4n) is 1.89. The van der Waals surface area contributed by atoms with Gasteiger partial charge in [-0.25, -0.2) is 0 Å². The lowest BCUT2D eigenvalue weighted by Gasteiger charge is -2.20. The summed E-state index contributed by atoms with van der Waals surface area (Å²) in [6.07, 6.45) is 2.56. The van der Waals surface area contributed by atoms with Gasteiger partial charge in [0.15, 0.2) is 6.10 Å². The summed E-state index contributed by atoms with van der Waals surface area (Å²) in [4.78, 5) is 12.1. The Morgan fingerprint density at radius 3 is 2.48 bits per heavy atom. The molecular weight excluding hydrogens is 288 g/mol. The van der Waals surface area contributed by atoms with Gasteiger partial charge in [-0.05, 0) is 32.4 Å². The minimum Gasteiger partial charge on any atom is -0.481 e. The molecule has 0 aliphatic rings. The number of nitrogens with one attached hydrogen (secondary N) is 1. The molecule has 1 amide bonds. The number of carbonyl (C=O) groups is 1. The average Bonchev–Trinajstić information content (AvgIpc) is 2.45. The van der Waals surface area contributed by atoms with Gasteiger partial charge in [0.05, 0.1) is 0 Å². The summed E-state index contributed by atoms with van der Waals surface area (Å²) in [5.74, 6) is 0.591. The number of rotatable bonds is 8. The maximum Gasteiger partial charge on any atom is 0.261 e. The van der Waals surface area contributed by atoms with Gasteiger partial charge < -0.3 is 15.8 Å². The number of unbranched alkanes of at least 4 members (excludes halogenated alkanes) is 1. The van der Waals surface area contributed by atoms with Gasteiger partial charge in [-0.3, -0.25) is 4.79 Å². The number of hydrogen-bond donors (Lipinski definition) is 2. The van der Waals surface area contributed by atoms with Crippen LogP contribution < -0.4 is 15.8 Å². The van der Waals surface area contributed by atoms with Gasteiger partial charge in [0.1, 0.15) is 5.75 Å². The Morgan fingerprint density at radius 1 is 1.33 bits per heavy atom. The van der Waals surface area contributed by atoms with Crippen LogP contribution in [-0.2, 0) is 4.79 Å². The number of halogens is 1. The van der Waals surface area contributed by atoms with E-state index in [2.05, 4.69) is 12.2 Å². The molecule has 1 rings (SSSR count). The molecule has 2 atom stereocenters. The molecule has 1 aromatic carbocycles. The molecule has 4 nitrogen and oxygen atoms in total. The van der Waals surface area contributed by atoms with Crippen LogP contribution in [0.25, 0.3) is 0 Å². The van der Waals surface area contributed by atoms with Gasteiger partial charge in [0, 0.05) is 12.6 Å². The molecule has 5 heteroatoms. The van der Waals surface area contributed by atoms with Gasteiger partial charge in [-0.15, -0.1) is 12.4 Å². The maximum atomic E-state index is 12.1. The van der Waals surface area contributed by atoms with Crippen molar-refractivity contribution in [1.29, 1.82) is 0 Å². The lowest BCUT2D eigenvalue weighted by atomic mass is 10.1. The molecule has 0 spiro atoms. The molecule has 0 saturated carbocycles. The number of carbonyl (C=O) groups excluding carboxylic acids is 1. The predicted molar refractivity (Wildman–Crippen MR) is 89.0 cm³/mol. The van der Waals surface area contributed by atoms with Gasteiger partial charge in [-0.2, -0.15) is 0 Å². The quantitative estimate of drug-likeness (QED) is 0.775. The summed E-state index contributed by atoms with van der Waals surface area (Å²) >= 11 is 0. The molecule has 0 aliphatic carbocycles.